The van der Waals surface area contributed by atoms with Crippen molar-refractivity contribution in [3.63, 3.8) is 0 Å². The summed E-state index contributed by atoms with van der Waals surface area (Å²) >= 11 is 0. The standard InChI is InChI=1S/C13H23FN2O3S/c1-15(2)11-5-3-4-6-12(11)16-8-10(7-13(16)17)9-20(14,18)19/h10-12H,3-9H2,1-2H3/t10?,11-,12-/m0/s1. The molecule has 1 saturated heterocycles. The van der Waals surface area contributed by atoms with E-state index in [9.17, 15) is 17.1 Å². The van der Waals surface area contributed by atoms with Crippen molar-refractivity contribution in [1.29, 1.82) is 0 Å². The van der Waals surface area contributed by atoms with Crippen molar-refractivity contribution in [2.24, 2.45) is 5.92 Å². The fourth-order valence-electron chi connectivity index (χ4n) is 3.58. The Hall–Kier alpha value is -0.690. The first-order chi connectivity index (χ1) is 9.28. The van der Waals surface area contributed by atoms with E-state index in [-0.39, 0.29) is 18.4 Å². The van der Waals surface area contributed by atoms with Gasteiger partial charge in [0.1, 0.15) is 0 Å². The summed E-state index contributed by atoms with van der Waals surface area (Å²) < 4.78 is 34.3. The van der Waals surface area contributed by atoms with Gasteiger partial charge < -0.3 is 9.80 Å². The first kappa shape index (κ1) is 15.7. The van der Waals surface area contributed by atoms with Crippen molar-refractivity contribution in [2.75, 3.05) is 26.4 Å². The minimum Gasteiger partial charge on any atom is -0.338 e. The van der Waals surface area contributed by atoms with E-state index in [4.69, 9.17) is 0 Å². The van der Waals surface area contributed by atoms with Gasteiger partial charge in [-0.25, -0.2) is 0 Å². The average molecular weight is 306 g/mol. The Morgan fingerprint density at radius 3 is 2.55 bits per heavy atom. The normalized spacial score (nSPS) is 32.1. The van der Waals surface area contributed by atoms with Gasteiger partial charge in [0.15, 0.2) is 0 Å². The number of likely N-dealkylation sites (N-methyl/N-ethyl adjacent to an activating group) is 1. The smallest absolute Gasteiger partial charge is 0.302 e. The van der Waals surface area contributed by atoms with Crippen molar-refractivity contribution in [3.8, 4) is 0 Å². The predicted molar refractivity (Wildman–Crippen MR) is 74.4 cm³/mol. The molecule has 5 nitrogen and oxygen atoms in total. The number of carbonyl (C=O) groups is 1. The number of amides is 1. The lowest BCUT2D eigenvalue weighted by molar-refractivity contribution is -0.131. The third-order valence-corrected chi connectivity index (χ3v) is 5.30. The van der Waals surface area contributed by atoms with Crippen molar-refractivity contribution < 1.29 is 17.1 Å². The van der Waals surface area contributed by atoms with Crippen LogP contribution in [-0.2, 0) is 15.0 Å². The van der Waals surface area contributed by atoms with E-state index >= 15 is 0 Å². The Balaban J connectivity index is 2.06. The van der Waals surface area contributed by atoms with Crippen molar-refractivity contribution in [3.05, 3.63) is 0 Å². The van der Waals surface area contributed by atoms with Crippen molar-refractivity contribution >= 4 is 16.1 Å². The molecule has 3 atom stereocenters. The summed E-state index contributed by atoms with van der Waals surface area (Å²) in [4.78, 5) is 16.1. The minimum atomic E-state index is -4.50. The maximum atomic E-state index is 12.8. The summed E-state index contributed by atoms with van der Waals surface area (Å²) in [5.41, 5.74) is 0. The topological polar surface area (TPSA) is 57.7 Å². The van der Waals surface area contributed by atoms with Crippen LogP contribution in [0.5, 0.6) is 0 Å². The molecule has 0 aromatic carbocycles. The highest BCUT2D eigenvalue weighted by Crippen LogP contribution is 2.31. The summed E-state index contributed by atoms with van der Waals surface area (Å²) in [6.45, 7) is 0.372. The van der Waals surface area contributed by atoms with Crippen LogP contribution >= 0.6 is 0 Å². The molecule has 2 aliphatic rings. The average Bonchev–Trinajstić information content (AvgIpc) is 2.67. The first-order valence-corrected chi connectivity index (χ1v) is 8.71. The number of carbonyl (C=O) groups excluding carboxylic acids is 1. The molecule has 20 heavy (non-hydrogen) atoms. The zero-order chi connectivity index (χ0) is 14.9. The van der Waals surface area contributed by atoms with Gasteiger partial charge in [0.05, 0.1) is 5.75 Å². The van der Waals surface area contributed by atoms with E-state index in [1.54, 1.807) is 4.90 Å². The SMILES string of the molecule is CN(C)[C@H]1CCCC[C@@H]1N1CC(CS(=O)(=O)F)CC1=O. The molecule has 0 radical (unpaired) electrons. The van der Waals surface area contributed by atoms with E-state index in [1.165, 1.54) is 0 Å². The lowest BCUT2D eigenvalue weighted by atomic mass is 9.88. The molecule has 7 heteroatoms. The molecular formula is C13H23FN2O3S. The van der Waals surface area contributed by atoms with E-state index in [2.05, 4.69) is 4.90 Å². The fourth-order valence-corrected chi connectivity index (χ4v) is 4.37. The Morgan fingerprint density at radius 2 is 1.95 bits per heavy atom. The van der Waals surface area contributed by atoms with Crippen LogP contribution in [0, 0.1) is 5.92 Å². The highest BCUT2D eigenvalue weighted by molar-refractivity contribution is 7.86. The summed E-state index contributed by atoms with van der Waals surface area (Å²) in [5, 5.41) is 0. The van der Waals surface area contributed by atoms with E-state index in [1.807, 2.05) is 14.1 Å². The molecule has 2 rings (SSSR count). The molecule has 0 N–H and O–H groups in total. The lowest BCUT2D eigenvalue weighted by Crippen LogP contribution is -2.51. The minimum absolute atomic E-state index is 0.0302. The van der Waals surface area contributed by atoms with Gasteiger partial charge in [0.2, 0.25) is 5.91 Å². The Morgan fingerprint density at radius 1 is 1.30 bits per heavy atom. The van der Waals surface area contributed by atoms with Gasteiger partial charge in [-0.15, -0.1) is 3.89 Å². The highest BCUT2D eigenvalue weighted by atomic mass is 32.3. The van der Waals surface area contributed by atoms with Crippen LogP contribution in [0.15, 0.2) is 0 Å². The molecule has 1 heterocycles. The van der Waals surface area contributed by atoms with E-state index in [0.29, 0.717) is 12.6 Å². The van der Waals surface area contributed by atoms with Gasteiger partial charge in [-0.3, -0.25) is 4.79 Å². The molecule has 0 bridgehead atoms. The van der Waals surface area contributed by atoms with Gasteiger partial charge in [-0.1, -0.05) is 12.8 Å². The van der Waals surface area contributed by atoms with Crippen LogP contribution in [0.4, 0.5) is 3.89 Å². The van der Waals surface area contributed by atoms with Gasteiger partial charge in [-0.2, -0.15) is 8.42 Å². The maximum absolute atomic E-state index is 12.8. The van der Waals surface area contributed by atoms with E-state index < -0.39 is 21.9 Å². The molecule has 1 aliphatic heterocycles. The summed E-state index contributed by atoms with van der Waals surface area (Å²) in [5.74, 6) is -0.964. The monoisotopic (exact) mass is 306 g/mol. The third kappa shape index (κ3) is 3.69. The zero-order valence-corrected chi connectivity index (χ0v) is 12.9. The van der Waals surface area contributed by atoms with Gasteiger partial charge in [0.25, 0.3) is 0 Å². The second-order valence-corrected chi connectivity index (χ2v) is 7.62. The van der Waals surface area contributed by atoms with Crippen molar-refractivity contribution in [1.82, 2.24) is 9.80 Å². The van der Waals surface area contributed by atoms with Gasteiger partial charge in [-0.05, 0) is 26.9 Å². The van der Waals surface area contributed by atoms with Gasteiger partial charge in [0, 0.05) is 31.0 Å². The van der Waals surface area contributed by atoms with E-state index in [0.717, 1.165) is 25.7 Å². The molecule has 2 fully saturated rings. The molecule has 116 valence electrons. The molecule has 1 amide bonds. The predicted octanol–water partition coefficient (Wildman–Crippen LogP) is 1.01. The quantitative estimate of drug-likeness (QED) is 0.727. The highest BCUT2D eigenvalue weighted by Gasteiger charge is 2.40. The third-order valence-electron chi connectivity index (χ3n) is 4.43. The fraction of sp³-hybridized carbons (Fsp3) is 0.923. The first-order valence-electron chi connectivity index (χ1n) is 7.16. The summed E-state index contributed by atoms with van der Waals surface area (Å²) in [6.07, 6.45) is 4.39. The number of likely N-dealkylation sites (tertiary alicyclic amines) is 1. The van der Waals surface area contributed by atoms with Crippen LogP contribution in [0.3, 0.4) is 0 Å². The number of nitrogens with zero attached hydrogens (tertiary/aromatic N) is 2. The van der Waals surface area contributed by atoms with Crippen LogP contribution in [-0.4, -0.2) is 62.6 Å². The van der Waals surface area contributed by atoms with Crippen molar-refractivity contribution in [2.45, 2.75) is 44.2 Å². The number of rotatable bonds is 4. The molecule has 1 aliphatic carbocycles. The molecule has 0 spiro atoms. The lowest BCUT2D eigenvalue weighted by Gasteiger charge is -2.41. The zero-order valence-electron chi connectivity index (χ0n) is 12.1. The molecule has 1 saturated carbocycles. The van der Waals surface area contributed by atoms with Crippen LogP contribution < -0.4 is 0 Å². The van der Waals surface area contributed by atoms with Crippen LogP contribution in [0.1, 0.15) is 32.1 Å². The molecule has 0 aromatic heterocycles. The summed E-state index contributed by atoms with van der Waals surface area (Å²) in [7, 11) is -0.490. The van der Waals surface area contributed by atoms with Crippen LogP contribution in [0.2, 0.25) is 0 Å². The molecule has 1 unspecified atom stereocenters. The molecular weight excluding hydrogens is 283 g/mol. The Bertz CT molecular complexity index is 466. The number of hydrogen-bond donors (Lipinski definition) is 0. The molecule has 0 aromatic rings. The summed E-state index contributed by atoms with van der Waals surface area (Å²) in [6, 6.07) is 0.451. The Kier molecular flexibility index (Phi) is 4.69. The van der Waals surface area contributed by atoms with Gasteiger partial charge >= 0.3 is 10.2 Å². The Labute approximate surface area is 120 Å². The maximum Gasteiger partial charge on any atom is 0.302 e. The second kappa shape index (κ2) is 5.97. The largest absolute Gasteiger partial charge is 0.338 e. The number of halogens is 1. The second-order valence-electron chi connectivity index (χ2n) is 6.20. The van der Waals surface area contributed by atoms with Crippen LogP contribution in [0.25, 0.3) is 0 Å². The number of hydrogen-bond acceptors (Lipinski definition) is 4.